The first-order valence-electron chi connectivity index (χ1n) is 5.72. The number of methoxy groups -OCH3 is 1. The van der Waals surface area contributed by atoms with E-state index in [4.69, 9.17) is 10.5 Å². The van der Waals surface area contributed by atoms with Gasteiger partial charge in [0.1, 0.15) is 15.4 Å². The van der Waals surface area contributed by atoms with Gasteiger partial charge in [-0.2, -0.15) is 0 Å². The molecule has 0 aliphatic carbocycles. The number of aromatic nitrogens is 1. The van der Waals surface area contributed by atoms with Crippen molar-refractivity contribution in [2.24, 2.45) is 5.73 Å². The highest BCUT2D eigenvalue weighted by Crippen LogP contribution is 2.39. The van der Waals surface area contributed by atoms with Crippen LogP contribution in [0.3, 0.4) is 0 Å². The van der Waals surface area contributed by atoms with E-state index in [0.717, 1.165) is 32.2 Å². The molecule has 1 aromatic carbocycles. The monoisotopic (exact) mass is 326 g/mol. The third-order valence-electron chi connectivity index (χ3n) is 2.72. The molecule has 0 bridgehead atoms. The summed E-state index contributed by atoms with van der Waals surface area (Å²) >= 11 is 5.09. The number of hydrogen-bond donors (Lipinski definition) is 1. The van der Waals surface area contributed by atoms with Crippen molar-refractivity contribution in [3.8, 4) is 16.2 Å². The zero-order valence-electron chi connectivity index (χ0n) is 10.4. The maximum absolute atomic E-state index is 5.63. The number of thiazole rings is 1. The average molecular weight is 327 g/mol. The van der Waals surface area contributed by atoms with Crippen molar-refractivity contribution >= 4 is 27.3 Å². The maximum atomic E-state index is 5.63. The second kappa shape index (κ2) is 5.82. The molecule has 0 saturated carbocycles. The van der Waals surface area contributed by atoms with Crippen molar-refractivity contribution < 1.29 is 4.74 Å². The molecular formula is C13H15BrN2OS. The topological polar surface area (TPSA) is 48.1 Å². The van der Waals surface area contributed by atoms with E-state index in [2.05, 4.69) is 40.0 Å². The average Bonchev–Trinajstić information content (AvgIpc) is 2.79. The van der Waals surface area contributed by atoms with Crippen LogP contribution in [0, 0.1) is 0 Å². The molecule has 1 aromatic heterocycles. The van der Waals surface area contributed by atoms with Gasteiger partial charge in [0, 0.05) is 12.1 Å². The van der Waals surface area contributed by atoms with Gasteiger partial charge in [-0.25, -0.2) is 4.98 Å². The summed E-state index contributed by atoms with van der Waals surface area (Å²) in [7, 11) is 1.68. The van der Waals surface area contributed by atoms with Crippen LogP contribution in [-0.4, -0.2) is 12.1 Å². The van der Waals surface area contributed by atoms with Crippen LogP contribution in [0.25, 0.3) is 10.4 Å². The lowest BCUT2D eigenvalue weighted by molar-refractivity contribution is 0.416. The summed E-state index contributed by atoms with van der Waals surface area (Å²) in [5.74, 6) is 0.861. The molecule has 0 amide bonds. The summed E-state index contributed by atoms with van der Waals surface area (Å²) in [5, 5.41) is 0.917. The summed E-state index contributed by atoms with van der Waals surface area (Å²) in [6.07, 6.45) is 0.997. The minimum absolute atomic E-state index is 0.457. The molecule has 5 heteroatoms. The highest BCUT2D eigenvalue weighted by atomic mass is 79.9. The molecule has 0 spiro atoms. The highest BCUT2D eigenvalue weighted by molar-refractivity contribution is 9.10. The first kappa shape index (κ1) is 13.5. The Kier molecular flexibility index (Phi) is 4.37. The van der Waals surface area contributed by atoms with Crippen molar-refractivity contribution in [2.75, 3.05) is 7.11 Å². The van der Waals surface area contributed by atoms with Crippen LogP contribution in [0.15, 0.2) is 22.8 Å². The molecule has 0 aliphatic rings. The Morgan fingerprint density at radius 2 is 2.22 bits per heavy atom. The summed E-state index contributed by atoms with van der Waals surface area (Å²) in [4.78, 5) is 5.46. The number of nitrogens with two attached hydrogens (primary N) is 1. The van der Waals surface area contributed by atoms with Crippen molar-refractivity contribution in [3.63, 3.8) is 0 Å². The summed E-state index contributed by atoms with van der Waals surface area (Å²) in [6.45, 7) is 2.59. The molecule has 0 saturated heterocycles. The predicted molar refractivity (Wildman–Crippen MR) is 79.1 cm³/mol. The van der Waals surface area contributed by atoms with E-state index in [1.54, 1.807) is 18.4 Å². The lowest BCUT2D eigenvalue weighted by atomic mass is 10.1. The van der Waals surface area contributed by atoms with Crippen LogP contribution in [0.4, 0.5) is 0 Å². The Hall–Kier alpha value is -0.910. The van der Waals surface area contributed by atoms with Gasteiger partial charge in [-0.3, -0.25) is 0 Å². The van der Waals surface area contributed by atoms with Crippen molar-refractivity contribution in [2.45, 2.75) is 19.9 Å². The van der Waals surface area contributed by atoms with Crippen LogP contribution in [0.2, 0.25) is 0 Å². The lowest BCUT2D eigenvalue weighted by Crippen LogP contribution is -1.93. The van der Waals surface area contributed by atoms with Crippen LogP contribution >= 0.6 is 27.3 Å². The van der Waals surface area contributed by atoms with Crippen LogP contribution < -0.4 is 10.5 Å². The molecule has 96 valence electrons. The van der Waals surface area contributed by atoms with Gasteiger partial charge in [0.2, 0.25) is 0 Å². The Morgan fingerprint density at radius 3 is 2.78 bits per heavy atom. The van der Waals surface area contributed by atoms with Gasteiger partial charge < -0.3 is 10.5 Å². The number of rotatable bonds is 4. The second-order valence-corrected chi connectivity index (χ2v) is 5.65. The van der Waals surface area contributed by atoms with Gasteiger partial charge in [-0.1, -0.05) is 13.0 Å². The van der Waals surface area contributed by atoms with E-state index < -0.39 is 0 Å². The summed E-state index contributed by atoms with van der Waals surface area (Å²) < 4.78 is 6.26. The van der Waals surface area contributed by atoms with E-state index >= 15 is 0 Å². The minimum atomic E-state index is 0.457. The zero-order valence-corrected chi connectivity index (χ0v) is 12.8. The van der Waals surface area contributed by atoms with Gasteiger partial charge in [-0.05, 0) is 40.0 Å². The lowest BCUT2D eigenvalue weighted by Gasteiger charge is -2.08. The Morgan fingerprint density at radius 1 is 1.44 bits per heavy atom. The molecule has 2 aromatic rings. The fourth-order valence-corrected chi connectivity index (χ4v) is 3.39. The highest BCUT2D eigenvalue weighted by Gasteiger charge is 2.14. The molecule has 2 N–H and O–H groups in total. The number of ether oxygens (including phenoxy) is 1. The normalized spacial score (nSPS) is 10.7. The van der Waals surface area contributed by atoms with E-state index in [-0.39, 0.29) is 0 Å². The SMILES string of the molecule is CCc1ccc(OC)c(-c2sc(CN)nc2Br)c1. The molecule has 2 rings (SSSR count). The quantitative estimate of drug-likeness (QED) is 0.933. The summed E-state index contributed by atoms with van der Waals surface area (Å²) in [5.41, 5.74) is 7.98. The zero-order chi connectivity index (χ0) is 13.1. The van der Waals surface area contributed by atoms with Crippen LogP contribution in [-0.2, 0) is 13.0 Å². The molecule has 0 radical (unpaired) electrons. The van der Waals surface area contributed by atoms with Gasteiger partial charge in [-0.15, -0.1) is 11.3 Å². The first-order chi connectivity index (χ1) is 8.69. The Labute approximate surface area is 119 Å². The number of hydrogen-bond acceptors (Lipinski definition) is 4. The number of halogens is 1. The Bertz CT molecular complexity index is 554. The van der Waals surface area contributed by atoms with Crippen molar-refractivity contribution in [1.29, 1.82) is 0 Å². The molecule has 3 nitrogen and oxygen atoms in total. The third kappa shape index (κ3) is 2.58. The molecule has 0 aliphatic heterocycles. The summed E-state index contributed by atoms with van der Waals surface area (Å²) in [6, 6.07) is 6.24. The first-order valence-corrected chi connectivity index (χ1v) is 7.33. The van der Waals surface area contributed by atoms with E-state index in [0.29, 0.717) is 6.54 Å². The van der Waals surface area contributed by atoms with Gasteiger partial charge >= 0.3 is 0 Å². The van der Waals surface area contributed by atoms with Gasteiger partial charge in [0.25, 0.3) is 0 Å². The van der Waals surface area contributed by atoms with Crippen LogP contribution in [0.5, 0.6) is 5.75 Å². The predicted octanol–water partition coefficient (Wildman–Crippen LogP) is 3.60. The van der Waals surface area contributed by atoms with E-state index in [9.17, 15) is 0 Å². The molecule has 18 heavy (non-hydrogen) atoms. The molecule has 0 unspecified atom stereocenters. The van der Waals surface area contributed by atoms with Crippen molar-refractivity contribution in [3.05, 3.63) is 33.4 Å². The van der Waals surface area contributed by atoms with Crippen molar-refractivity contribution in [1.82, 2.24) is 4.98 Å². The van der Waals surface area contributed by atoms with Crippen LogP contribution in [0.1, 0.15) is 17.5 Å². The molecule has 0 atom stereocenters. The fraction of sp³-hybridized carbons (Fsp3) is 0.308. The third-order valence-corrected chi connectivity index (χ3v) is 4.67. The minimum Gasteiger partial charge on any atom is -0.496 e. The molecule has 0 fully saturated rings. The maximum Gasteiger partial charge on any atom is 0.127 e. The van der Waals surface area contributed by atoms with Gasteiger partial charge in [0.05, 0.1) is 12.0 Å². The number of nitrogens with zero attached hydrogens (tertiary/aromatic N) is 1. The van der Waals surface area contributed by atoms with E-state index in [1.807, 2.05) is 6.07 Å². The number of benzene rings is 1. The standard InChI is InChI=1S/C13H15BrN2OS/c1-3-8-4-5-10(17-2)9(6-8)12-13(14)16-11(7-15)18-12/h4-6H,3,7,15H2,1-2H3. The van der Waals surface area contributed by atoms with E-state index in [1.165, 1.54) is 5.56 Å². The largest absolute Gasteiger partial charge is 0.496 e. The van der Waals surface area contributed by atoms with Gasteiger partial charge in [0.15, 0.2) is 0 Å². The second-order valence-electron chi connectivity index (χ2n) is 3.82. The Balaban J connectivity index is 2.56. The molecule has 1 heterocycles. The smallest absolute Gasteiger partial charge is 0.127 e. The number of aryl methyl sites for hydroxylation is 1. The fourth-order valence-electron chi connectivity index (χ4n) is 1.75. The molecular weight excluding hydrogens is 312 g/mol.